The van der Waals surface area contributed by atoms with Gasteiger partial charge < -0.3 is 14.4 Å². The van der Waals surface area contributed by atoms with Crippen LogP contribution in [0.25, 0.3) is 0 Å². The molecule has 0 N–H and O–H groups in total. The van der Waals surface area contributed by atoms with Crippen LogP contribution < -0.4 is 0 Å². The predicted molar refractivity (Wildman–Crippen MR) is 119 cm³/mol. The third kappa shape index (κ3) is 4.20. The van der Waals surface area contributed by atoms with E-state index >= 15 is 0 Å². The molecule has 6 heteroatoms. The van der Waals surface area contributed by atoms with Gasteiger partial charge in [-0.2, -0.15) is 0 Å². The summed E-state index contributed by atoms with van der Waals surface area (Å²) in [7, 11) is 2.71. The molecule has 0 radical (unpaired) electrons. The minimum atomic E-state index is -0.567. The number of hydrogen-bond donors (Lipinski definition) is 0. The molecule has 2 fully saturated rings. The summed E-state index contributed by atoms with van der Waals surface area (Å²) >= 11 is 0. The molecule has 0 spiro atoms. The van der Waals surface area contributed by atoms with Crippen molar-refractivity contribution in [1.29, 1.82) is 0 Å². The Labute approximate surface area is 182 Å². The van der Waals surface area contributed by atoms with Crippen molar-refractivity contribution in [2.45, 2.75) is 38.2 Å². The van der Waals surface area contributed by atoms with Crippen LogP contribution in [0.15, 0.2) is 64.9 Å². The van der Waals surface area contributed by atoms with Crippen molar-refractivity contribution >= 4 is 17.4 Å². The highest BCUT2D eigenvalue weighted by Crippen LogP contribution is 2.64. The van der Waals surface area contributed by atoms with Gasteiger partial charge in [-0.05, 0) is 43.6 Å². The van der Waals surface area contributed by atoms with Gasteiger partial charge in [-0.15, -0.1) is 0 Å². The number of rotatable bonds is 9. The van der Waals surface area contributed by atoms with E-state index in [1.165, 1.54) is 32.6 Å². The number of oxime groups is 2. The molecule has 2 saturated carbocycles. The fraction of sp³-hybridized carbons (Fsp3) is 0.400. The lowest BCUT2D eigenvalue weighted by Gasteiger charge is -2.18. The molecule has 2 unspecified atom stereocenters. The third-order valence-electron chi connectivity index (χ3n) is 6.40. The molecule has 2 aliphatic carbocycles. The van der Waals surface area contributed by atoms with Crippen molar-refractivity contribution in [2.75, 3.05) is 14.2 Å². The maximum atomic E-state index is 12.1. The van der Waals surface area contributed by atoms with Crippen LogP contribution in [0, 0.1) is 11.8 Å². The second-order valence-corrected chi connectivity index (χ2v) is 8.21. The number of ether oxygens (including phenoxy) is 1. The SMILES string of the molecule is CON=C(C(=O)OC)c1ccccc1CON=C(C)C1(c2ccccc2)CC1C1CC1. The first kappa shape index (κ1) is 21.1. The molecule has 31 heavy (non-hydrogen) atoms. The van der Waals surface area contributed by atoms with E-state index < -0.39 is 5.97 Å². The van der Waals surface area contributed by atoms with Crippen molar-refractivity contribution in [3.05, 3.63) is 71.3 Å². The van der Waals surface area contributed by atoms with E-state index in [4.69, 9.17) is 14.4 Å². The van der Waals surface area contributed by atoms with E-state index in [0.29, 0.717) is 11.5 Å². The third-order valence-corrected chi connectivity index (χ3v) is 6.40. The standard InChI is InChI=1S/C25H28N2O4/c1-17(25(15-22(25)18-13-14-18)20-10-5-4-6-11-20)26-31-16-19-9-7-8-12-21(19)23(27-30-3)24(28)29-2/h4-12,18,22H,13-16H2,1-3H3. The maximum absolute atomic E-state index is 12.1. The Kier molecular flexibility index (Phi) is 6.07. The van der Waals surface area contributed by atoms with Crippen LogP contribution in [0.4, 0.5) is 0 Å². The van der Waals surface area contributed by atoms with Gasteiger partial charge in [0.15, 0.2) is 5.71 Å². The zero-order valence-electron chi connectivity index (χ0n) is 18.2. The Morgan fingerprint density at radius 3 is 2.42 bits per heavy atom. The van der Waals surface area contributed by atoms with Gasteiger partial charge in [-0.25, -0.2) is 4.79 Å². The van der Waals surface area contributed by atoms with Gasteiger partial charge in [0.05, 0.1) is 12.8 Å². The summed E-state index contributed by atoms with van der Waals surface area (Å²) in [5, 5.41) is 8.38. The highest BCUT2D eigenvalue weighted by atomic mass is 16.6. The molecular weight excluding hydrogens is 392 g/mol. The van der Waals surface area contributed by atoms with Crippen LogP contribution in [-0.2, 0) is 31.2 Å². The van der Waals surface area contributed by atoms with E-state index in [2.05, 4.69) is 41.5 Å². The second kappa shape index (κ2) is 8.92. The van der Waals surface area contributed by atoms with E-state index in [9.17, 15) is 4.79 Å². The Bertz CT molecular complexity index is 998. The lowest BCUT2D eigenvalue weighted by atomic mass is 9.87. The zero-order valence-corrected chi connectivity index (χ0v) is 18.2. The summed E-state index contributed by atoms with van der Waals surface area (Å²) in [6.45, 7) is 2.28. The van der Waals surface area contributed by atoms with E-state index in [0.717, 1.165) is 23.6 Å². The first-order valence-corrected chi connectivity index (χ1v) is 10.6. The number of carbonyl (C=O) groups excluding carboxylic acids is 1. The van der Waals surface area contributed by atoms with Crippen LogP contribution in [0.2, 0.25) is 0 Å². The van der Waals surface area contributed by atoms with E-state index in [1.807, 2.05) is 24.3 Å². The average molecular weight is 421 g/mol. The molecular formula is C25H28N2O4. The molecule has 2 aromatic carbocycles. The number of carbonyl (C=O) groups is 1. The molecule has 0 amide bonds. The van der Waals surface area contributed by atoms with Crippen molar-refractivity contribution < 1.29 is 19.2 Å². The number of methoxy groups -OCH3 is 1. The van der Waals surface area contributed by atoms with Gasteiger partial charge in [0.1, 0.15) is 13.7 Å². The van der Waals surface area contributed by atoms with Crippen LogP contribution in [0.1, 0.15) is 42.9 Å². The first-order valence-electron chi connectivity index (χ1n) is 10.6. The molecule has 2 atom stereocenters. The largest absolute Gasteiger partial charge is 0.464 e. The number of esters is 1. The molecule has 0 aliphatic heterocycles. The van der Waals surface area contributed by atoms with Crippen molar-refractivity contribution in [1.82, 2.24) is 0 Å². The highest BCUT2D eigenvalue weighted by molar-refractivity contribution is 6.43. The maximum Gasteiger partial charge on any atom is 0.360 e. The Morgan fingerprint density at radius 2 is 1.74 bits per heavy atom. The van der Waals surface area contributed by atoms with E-state index in [-0.39, 0.29) is 17.7 Å². The van der Waals surface area contributed by atoms with Gasteiger partial charge in [-0.3, -0.25) is 0 Å². The number of hydrogen-bond acceptors (Lipinski definition) is 6. The molecule has 6 nitrogen and oxygen atoms in total. The molecule has 0 heterocycles. The molecule has 2 aliphatic rings. The highest BCUT2D eigenvalue weighted by Gasteiger charge is 2.62. The van der Waals surface area contributed by atoms with Crippen molar-refractivity contribution in [3.8, 4) is 0 Å². The van der Waals surface area contributed by atoms with Gasteiger partial charge in [0.2, 0.25) is 0 Å². The minimum absolute atomic E-state index is 0.0172. The summed E-state index contributed by atoms with van der Waals surface area (Å²) in [6.07, 6.45) is 3.76. The van der Waals surface area contributed by atoms with Crippen LogP contribution in [0.5, 0.6) is 0 Å². The number of nitrogens with zero attached hydrogens (tertiary/aromatic N) is 2. The predicted octanol–water partition coefficient (Wildman–Crippen LogP) is 4.47. The minimum Gasteiger partial charge on any atom is -0.464 e. The van der Waals surface area contributed by atoms with Crippen LogP contribution in [-0.4, -0.2) is 31.6 Å². The molecule has 2 aromatic rings. The average Bonchev–Trinajstić information content (AvgIpc) is 3.71. The topological polar surface area (TPSA) is 69.5 Å². The van der Waals surface area contributed by atoms with Gasteiger partial charge in [-0.1, -0.05) is 64.9 Å². The molecule has 4 rings (SSSR count). The fourth-order valence-electron chi connectivity index (χ4n) is 4.59. The Balaban J connectivity index is 1.54. The van der Waals surface area contributed by atoms with Crippen LogP contribution in [0.3, 0.4) is 0 Å². The van der Waals surface area contributed by atoms with E-state index in [1.54, 1.807) is 6.07 Å². The Morgan fingerprint density at radius 1 is 1.03 bits per heavy atom. The normalized spacial score (nSPS) is 23.3. The lowest BCUT2D eigenvalue weighted by Crippen LogP contribution is -2.22. The van der Waals surface area contributed by atoms with Crippen molar-refractivity contribution in [3.63, 3.8) is 0 Å². The van der Waals surface area contributed by atoms with Gasteiger partial charge in [0, 0.05) is 16.5 Å². The fourth-order valence-corrected chi connectivity index (χ4v) is 4.59. The molecule has 0 aromatic heterocycles. The molecule has 0 saturated heterocycles. The van der Waals surface area contributed by atoms with Gasteiger partial charge in [0.25, 0.3) is 0 Å². The first-order chi connectivity index (χ1) is 15.1. The van der Waals surface area contributed by atoms with Crippen LogP contribution >= 0.6 is 0 Å². The van der Waals surface area contributed by atoms with Crippen molar-refractivity contribution in [2.24, 2.45) is 22.1 Å². The molecule has 0 bridgehead atoms. The summed E-state index contributed by atoms with van der Waals surface area (Å²) in [5.41, 5.74) is 3.79. The zero-order chi connectivity index (χ0) is 21.8. The Hall–Kier alpha value is -3.15. The molecule has 162 valence electrons. The quantitative estimate of drug-likeness (QED) is 0.341. The summed E-state index contributed by atoms with van der Waals surface area (Å²) in [5.74, 6) is 0.885. The summed E-state index contributed by atoms with van der Waals surface area (Å²) in [6, 6.07) is 18.0. The lowest BCUT2D eigenvalue weighted by molar-refractivity contribution is -0.132. The van der Waals surface area contributed by atoms with Gasteiger partial charge >= 0.3 is 5.97 Å². The smallest absolute Gasteiger partial charge is 0.360 e. The number of benzene rings is 2. The monoisotopic (exact) mass is 420 g/mol. The second-order valence-electron chi connectivity index (χ2n) is 8.21. The summed E-state index contributed by atoms with van der Waals surface area (Å²) in [4.78, 5) is 22.8. The summed E-state index contributed by atoms with van der Waals surface area (Å²) < 4.78 is 4.84.